The van der Waals surface area contributed by atoms with Crippen LogP contribution in [0.5, 0.6) is 0 Å². The molecule has 0 saturated heterocycles. The molecule has 0 atom stereocenters. The van der Waals surface area contributed by atoms with Crippen molar-refractivity contribution in [2.75, 3.05) is 0 Å². The van der Waals surface area contributed by atoms with Crippen molar-refractivity contribution in [3.05, 3.63) is 53.4 Å². The van der Waals surface area contributed by atoms with E-state index in [1.165, 1.54) is 21.8 Å². The van der Waals surface area contributed by atoms with Gasteiger partial charge in [-0.3, -0.25) is 0 Å². The van der Waals surface area contributed by atoms with E-state index >= 15 is 0 Å². The van der Waals surface area contributed by atoms with Crippen LogP contribution in [-0.2, 0) is 6.42 Å². The number of fused-ring (bicyclic) bond motifs is 5. The fraction of sp³-hybridized carbons (Fsp3) is 0.0714. The molecule has 0 fully saturated rings. The third-order valence-corrected chi connectivity index (χ3v) is 3.21. The number of rotatable bonds is 0. The van der Waals surface area contributed by atoms with E-state index in [2.05, 4.69) is 52.1 Å². The average molecular weight is 206 g/mol. The Balaban J connectivity index is 2.29. The largest absolute Gasteiger partial charge is 0.232 e. The van der Waals surface area contributed by atoms with Crippen LogP contribution in [0.25, 0.3) is 22.5 Å². The van der Waals surface area contributed by atoms with Crippen LogP contribution >= 0.6 is 0 Å². The number of hydrogen-bond donors (Lipinski definition) is 0. The van der Waals surface area contributed by atoms with Gasteiger partial charge in [-0.1, -0.05) is 30.4 Å². The van der Waals surface area contributed by atoms with Crippen molar-refractivity contribution in [2.45, 2.75) is 6.42 Å². The molecule has 0 N–H and O–H groups in total. The topological polar surface area (TPSA) is 17.3 Å². The smallest absolute Gasteiger partial charge is 0.0934 e. The van der Waals surface area contributed by atoms with E-state index < -0.39 is 0 Å². The van der Waals surface area contributed by atoms with Crippen LogP contribution in [-0.4, -0.2) is 9.61 Å². The predicted octanol–water partition coefficient (Wildman–Crippen LogP) is 2.10. The van der Waals surface area contributed by atoms with Crippen LogP contribution in [0.3, 0.4) is 0 Å². The van der Waals surface area contributed by atoms with E-state index in [1.54, 1.807) is 0 Å². The quantitative estimate of drug-likeness (QED) is 0.550. The first-order chi connectivity index (χ1) is 7.93. The number of benzene rings is 1. The van der Waals surface area contributed by atoms with Gasteiger partial charge in [-0.05, 0) is 30.2 Å². The normalized spacial score (nSPS) is 14.2. The van der Waals surface area contributed by atoms with E-state index in [9.17, 15) is 0 Å². The summed E-state index contributed by atoms with van der Waals surface area (Å²) in [6.07, 6.45) is 7.44. The van der Waals surface area contributed by atoms with Gasteiger partial charge in [-0.2, -0.15) is 5.10 Å². The van der Waals surface area contributed by atoms with Crippen LogP contribution in [0.2, 0.25) is 0 Å². The van der Waals surface area contributed by atoms with Gasteiger partial charge in [0, 0.05) is 5.39 Å². The Hall–Kier alpha value is -2.09. The summed E-state index contributed by atoms with van der Waals surface area (Å²) in [5.41, 5.74) is 3.67. The molecule has 0 unspecified atom stereocenters. The van der Waals surface area contributed by atoms with Crippen molar-refractivity contribution in [1.82, 2.24) is 9.61 Å². The Morgan fingerprint density at radius 1 is 1.19 bits per heavy atom. The molecule has 0 aliphatic heterocycles. The minimum atomic E-state index is 1.02. The molecule has 76 valence electrons. The summed E-state index contributed by atoms with van der Waals surface area (Å²) in [6.45, 7) is 0. The van der Waals surface area contributed by atoms with E-state index in [0.29, 0.717) is 0 Å². The summed E-state index contributed by atoms with van der Waals surface area (Å²) < 4.78 is 2.06. The van der Waals surface area contributed by atoms with E-state index in [4.69, 9.17) is 0 Å². The third kappa shape index (κ3) is 0.890. The molecule has 0 radical (unpaired) electrons. The summed E-state index contributed by atoms with van der Waals surface area (Å²) in [5.74, 6) is 0. The minimum absolute atomic E-state index is 1.02. The second-order valence-corrected chi connectivity index (χ2v) is 4.17. The maximum absolute atomic E-state index is 4.64. The molecule has 0 amide bonds. The van der Waals surface area contributed by atoms with Crippen molar-refractivity contribution in [3.8, 4) is 0 Å². The van der Waals surface area contributed by atoms with Crippen molar-refractivity contribution >= 4 is 22.5 Å². The lowest BCUT2D eigenvalue weighted by Crippen LogP contribution is -2.15. The van der Waals surface area contributed by atoms with Gasteiger partial charge in [0.2, 0.25) is 0 Å². The zero-order chi connectivity index (χ0) is 10.5. The molecular weight excluding hydrogens is 196 g/mol. The van der Waals surface area contributed by atoms with Gasteiger partial charge in [-0.15, -0.1) is 0 Å². The highest BCUT2D eigenvalue weighted by Crippen LogP contribution is 2.20. The Bertz CT molecular complexity index is 778. The summed E-state index contributed by atoms with van der Waals surface area (Å²) in [5, 5.41) is 7.11. The molecule has 1 aliphatic carbocycles. The molecule has 1 aliphatic rings. The van der Waals surface area contributed by atoms with Crippen LogP contribution in [0.4, 0.5) is 0 Å². The average Bonchev–Trinajstić information content (AvgIpc) is 2.85. The molecule has 2 aromatic heterocycles. The van der Waals surface area contributed by atoms with Gasteiger partial charge in [0.1, 0.15) is 0 Å². The molecule has 2 nitrogen and oxygen atoms in total. The minimum Gasteiger partial charge on any atom is -0.232 e. The highest BCUT2D eigenvalue weighted by molar-refractivity contribution is 5.94. The molecular formula is C14H10N2. The number of allylic oxidation sites excluding steroid dienone is 2. The summed E-state index contributed by atoms with van der Waals surface area (Å²) in [4.78, 5) is 0. The standard InChI is InChI=1S/C14H10N2/c1-4-8-13-10(5-1)9-14-11-6-2-3-7-12(11)15-16(13)14/h1-4,6-9H,5H2. The molecule has 0 saturated carbocycles. The third-order valence-electron chi connectivity index (χ3n) is 3.21. The molecule has 0 spiro atoms. The fourth-order valence-corrected chi connectivity index (χ4v) is 2.45. The summed E-state index contributed by atoms with van der Waals surface area (Å²) >= 11 is 0. The predicted molar refractivity (Wildman–Crippen MR) is 65.2 cm³/mol. The van der Waals surface area contributed by atoms with Gasteiger partial charge < -0.3 is 0 Å². The summed E-state index contributed by atoms with van der Waals surface area (Å²) in [6, 6.07) is 10.6. The number of aromatic nitrogens is 2. The molecule has 2 heterocycles. The van der Waals surface area contributed by atoms with Gasteiger partial charge in [0.25, 0.3) is 0 Å². The maximum atomic E-state index is 4.64. The molecule has 16 heavy (non-hydrogen) atoms. The first-order valence-electron chi connectivity index (χ1n) is 5.49. The Kier molecular flexibility index (Phi) is 1.38. The summed E-state index contributed by atoms with van der Waals surface area (Å²) in [7, 11) is 0. The van der Waals surface area contributed by atoms with E-state index in [-0.39, 0.29) is 0 Å². The van der Waals surface area contributed by atoms with Gasteiger partial charge in [0.05, 0.1) is 16.4 Å². The van der Waals surface area contributed by atoms with Crippen LogP contribution in [0.15, 0.2) is 42.5 Å². The van der Waals surface area contributed by atoms with E-state index in [1.807, 2.05) is 6.07 Å². The van der Waals surface area contributed by atoms with Crippen molar-refractivity contribution in [2.24, 2.45) is 0 Å². The van der Waals surface area contributed by atoms with Crippen LogP contribution < -0.4 is 5.35 Å². The molecule has 0 bridgehead atoms. The monoisotopic (exact) mass is 206 g/mol. The zero-order valence-corrected chi connectivity index (χ0v) is 8.72. The highest BCUT2D eigenvalue weighted by Gasteiger charge is 2.10. The van der Waals surface area contributed by atoms with Gasteiger partial charge in [0.15, 0.2) is 0 Å². The second-order valence-electron chi connectivity index (χ2n) is 4.17. The molecule has 2 heteroatoms. The van der Waals surface area contributed by atoms with E-state index in [0.717, 1.165) is 11.9 Å². The second kappa shape index (κ2) is 2.73. The highest BCUT2D eigenvalue weighted by atomic mass is 15.2. The lowest BCUT2D eigenvalue weighted by molar-refractivity contribution is 0.947. The number of nitrogens with zero attached hydrogens (tertiary/aromatic N) is 2. The fourth-order valence-electron chi connectivity index (χ4n) is 2.45. The van der Waals surface area contributed by atoms with Crippen LogP contribution in [0.1, 0.15) is 5.56 Å². The number of hydrogen-bond acceptors (Lipinski definition) is 1. The van der Waals surface area contributed by atoms with Crippen LogP contribution in [0, 0.1) is 0 Å². The molecule has 4 rings (SSSR count). The molecule has 3 aromatic rings. The van der Waals surface area contributed by atoms with Crippen molar-refractivity contribution in [1.29, 1.82) is 0 Å². The maximum Gasteiger partial charge on any atom is 0.0934 e. The van der Waals surface area contributed by atoms with Gasteiger partial charge >= 0.3 is 0 Å². The zero-order valence-electron chi connectivity index (χ0n) is 8.72. The van der Waals surface area contributed by atoms with Gasteiger partial charge in [-0.25, -0.2) is 4.52 Å². The Morgan fingerprint density at radius 2 is 2.12 bits per heavy atom. The van der Waals surface area contributed by atoms with Crippen molar-refractivity contribution in [3.63, 3.8) is 0 Å². The van der Waals surface area contributed by atoms with Crippen molar-refractivity contribution < 1.29 is 0 Å². The lowest BCUT2D eigenvalue weighted by atomic mass is 10.1. The molecule has 1 aromatic carbocycles. The SMILES string of the molecule is C1=CCc2cc3c4ccccc4nn3c2=C1. The lowest BCUT2D eigenvalue weighted by Gasteiger charge is -1.95. The Labute approximate surface area is 92.5 Å². The Morgan fingerprint density at radius 3 is 3.12 bits per heavy atom. The first-order valence-corrected chi connectivity index (χ1v) is 5.49. The first kappa shape index (κ1) is 8.11.